The Morgan fingerprint density at radius 1 is 0.636 bits per heavy atom. The first-order valence-electron chi connectivity index (χ1n) is 8.65. The molecule has 0 spiro atoms. The van der Waals surface area contributed by atoms with Crippen LogP contribution in [0, 0.1) is 42.3 Å². The molecule has 0 nitrogen and oxygen atoms in total. The number of allylic oxidation sites excluding steroid dienone is 12. The molecule has 0 atom stereocenters. The minimum atomic E-state index is -1.74. The van der Waals surface area contributed by atoms with Gasteiger partial charge in [-0.05, 0) is 0 Å². The van der Waals surface area contributed by atoms with Gasteiger partial charge in [-0.2, -0.15) is 0 Å². The summed E-state index contributed by atoms with van der Waals surface area (Å²) in [7, 11) is 0. The normalized spacial score (nSPS) is 21.1. The van der Waals surface area contributed by atoms with Gasteiger partial charge in [0.15, 0.2) is 0 Å². The van der Waals surface area contributed by atoms with Gasteiger partial charge in [0.25, 0.3) is 0 Å². The Kier molecular flexibility index (Phi) is 5.93. The zero-order valence-electron chi connectivity index (χ0n) is 14.1. The third kappa shape index (κ3) is 3.14. The SMILES string of the molecule is CCC1=[C]([Eu]([C]2=C(CC)C=CC2)[C]2=C(CC)C=CC2)CC=C1. The van der Waals surface area contributed by atoms with Crippen molar-refractivity contribution in [1.82, 2.24) is 0 Å². The van der Waals surface area contributed by atoms with Crippen molar-refractivity contribution >= 4 is 0 Å². The van der Waals surface area contributed by atoms with Crippen LogP contribution in [-0.4, -0.2) is 0 Å². The molecule has 0 heterocycles. The molecule has 0 N–H and O–H groups in total. The molecular formula is C21H27Eu. The average molecular weight is 431 g/mol. The first kappa shape index (κ1) is 16.9. The molecule has 0 aliphatic heterocycles. The molecule has 0 aromatic rings. The Hall–Kier alpha value is 0.0244. The maximum atomic E-state index is 2.41. The summed E-state index contributed by atoms with van der Waals surface area (Å²) in [5, 5.41) is 0. The van der Waals surface area contributed by atoms with Gasteiger partial charge in [-0.25, -0.2) is 0 Å². The van der Waals surface area contributed by atoms with Crippen molar-refractivity contribution in [2.45, 2.75) is 59.3 Å². The second kappa shape index (κ2) is 7.73. The van der Waals surface area contributed by atoms with Crippen LogP contribution in [0.4, 0.5) is 0 Å². The number of rotatable bonds is 6. The van der Waals surface area contributed by atoms with Crippen molar-refractivity contribution in [3.8, 4) is 0 Å². The molecule has 0 aromatic heterocycles. The number of hydrogen-bond donors (Lipinski definition) is 0. The Labute approximate surface area is 153 Å². The van der Waals surface area contributed by atoms with E-state index in [0.717, 1.165) is 0 Å². The van der Waals surface area contributed by atoms with Crippen molar-refractivity contribution in [3.05, 3.63) is 53.1 Å². The van der Waals surface area contributed by atoms with E-state index in [1.807, 2.05) is -0.0981 Å². The van der Waals surface area contributed by atoms with E-state index in [9.17, 15) is 0 Å². The molecule has 3 aliphatic rings. The third-order valence-corrected chi connectivity index (χ3v) is 12.9. The van der Waals surface area contributed by atoms with Crippen LogP contribution < -0.4 is 0 Å². The second-order valence-corrected chi connectivity index (χ2v) is 12.2. The summed E-state index contributed by atoms with van der Waals surface area (Å²) in [6.45, 7) is 6.98. The van der Waals surface area contributed by atoms with Gasteiger partial charge in [-0.1, -0.05) is 0 Å². The van der Waals surface area contributed by atoms with Crippen LogP contribution in [0.5, 0.6) is 0 Å². The quantitative estimate of drug-likeness (QED) is 0.452. The summed E-state index contributed by atoms with van der Waals surface area (Å²) in [5.41, 5.74) is 4.98. The fourth-order valence-corrected chi connectivity index (χ4v) is 12.7. The van der Waals surface area contributed by atoms with Crippen LogP contribution >= 0.6 is 0 Å². The van der Waals surface area contributed by atoms with Gasteiger partial charge < -0.3 is 0 Å². The van der Waals surface area contributed by atoms with Crippen molar-refractivity contribution < 1.29 is 42.3 Å². The summed E-state index contributed by atoms with van der Waals surface area (Å²) in [4.78, 5) is 0. The molecule has 3 aliphatic carbocycles. The van der Waals surface area contributed by atoms with Gasteiger partial charge >= 0.3 is 155 Å². The van der Waals surface area contributed by atoms with Crippen molar-refractivity contribution in [3.63, 3.8) is 0 Å². The molecule has 0 bridgehead atoms. The average Bonchev–Trinajstić information content (AvgIpc) is 3.28. The van der Waals surface area contributed by atoms with E-state index < -0.39 is 42.3 Å². The van der Waals surface area contributed by atoms with Crippen LogP contribution in [-0.2, 0) is 0 Å². The van der Waals surface area contributed by atoms with Gasteiger partial charge in [0.2, 0.25) is 0 Å². The Balaban J connectivity index is 2.09. The van der Waals surface area contributed by atoms with Gasteiger partial charge in [-0.3, -0.25) is 0 Å². The van der Waals surface area contributed by atoms with Crippen LogP contribution in [0.1, 0.15) is 59.3 Å². The van der Waals surface area contributed by atoms with E-state index in [1.165, 1.54) is 38.5 Å². The third-order valence-electron chi connectivity index (χ3n) is 4.72. The van der Waals surface area contributed by atoms with E-state index in [2.05, 4.69) is 57.2 Å². The molecule has 3 rings (SSSR count). The predicted molar refractivity (Wildman–Crippen MR) is 93.2 cm³/mol. The van der Waals surface area contributed by atoms with Crippen molar-refractivity contribution in [1.29, 1.82) is 0 Å². The fraction of sp³-hybridized carbons (Fsp3) is 0.429. The van der Waals surface area contributed by atoms with E-state index >= 15 is 0 Å². The molecule has 0 radical (unpaired) electrons. The van der Waals surface area contributed by atoms with Crippen molar-refractivity contribution in [2.75, 3.05) is 0 Å². The maximum absolute atomic E-state index is 2.41. The van der Waals surface area contributed by atoms with E-state index in [4.69, 9.17) is 0 Å². The Morgan fingerprint density at radius 3 is 1.23 bits per heavy atom. The molecule has 118 valence electrons. The molecule has 0 saturated carbocycles. The summed E-state index contributed by atoms with van der Waals surface area (Å²) in [6, 6.07) is 0. The fourth-order valence-electron chi connectivity index (χ4n) is 3.52. The monoisotopic (exact) mass is 432 g/mol. The zero-order valence-corrected chi connectivity index (χ0v) is 16.5. The summed E-state index contributed by atoms with van der Waals surface area (Å²) >= 11 is -1.74. The molecule has 0 unspecified atom stereocenters. The minimum absolute atomic E-state index is 1.21. The molecule has 22 heavy (non-hydrogen) atoms. The topological polar surface area (TPSA) is 0 Å². The van der Waals surface area contributed by atoms with Gasteiger partial charge in [0, 0.05) is 0 Å². The molecule has 0 saturated heterocycles. The summed E-state index contributed by atoms with van der Waals surface area (Å²) < 4.78 is 5.59. The molecule has 0 fully saturated rings. The standard InChI is InChI=1S/3C7H9.Eu/c3*1-2-7-5-3-4-6-7;/h3*3,5H,2,4H2,1H3;. The van der Waals surface area contributed by atoms with Crippen LogP contribution in [0.15, 0.2) is 53.1 Å². The molecular weight excluding hydrogens is 404 g/mol. The van der Waals surface area contributed by atoms with E-state index in [0.29, 0.717) is 0 Å². The Morgan fingerprint density at radius 2 is 0.955 bits per heavy atom. The zero-order chi connectivity index (χ0) is 15.5. The van der Waals surface area contributed by atoms with E-state index in [1.54, 1.807) is 16.7 Å². The van der Waals surface area contributed by atoms with Gasteiger partial charge in [0.05, 0.1) is 0 Å². The van der Waals surface area contributed by atoms with Gasteiger partial charge in [-0.15, -0.1) is 0 Å². The second-order valence-electron chi connectivity index (χ2n) is 5.95. The predicted octanol–water partition coefficient (Wildman–Crippen LogP) is 6.48. The summed E-state index contributed by atoms with van der Waals surface area (Å²) in [5.74, 6) is 0. The Bertz CT molecular complexity index is 544. The van der Waals surface area contributed by atoms with Crippen molar-refractivity contribution in [2.24, 2.45) is 0 Å². The van der Waals surface area contributed by atoms with Crippen LogP contribution in [0.25, 0.3) is 0 Å². The first-order valence-corrected chi connectivity index (χ1v) is 12.3. The summed E-state index contributed by atoms with van der Waals surface area (Å²) in [6.07, 6.45) is 21.8. The molecule has 0 amide bonds. The van der Waals surface area contributed by atoms with Crippen LogP contribution in [0.2, 0.25) is 0 Å². The van der Waals surface area contributed by atoms with E-state index in [-0.39, 0.29) is 0 Å². The number of hydrogen-bond acceptors (Lipinski definition) is 0. The molecule has 0 aromatic carbocycles. The first-order chi connectivity index (χ1) is 10.8. The molecule has 1 heteroatoms. The van der Waals surface area contributed by atoms with Gasteiger partial charge in [0.1, 0.15) is 0 Å². The van der Waals surface area contributed by atoms with Crippen LogP contribution in [0.3, 0.4) is 0 Å².